The van der Waals surface area contributed by atoms with Crippen LogP contribution in [-0.4, -0.2) is 5.91 Å². The van der Waals surface area contributed by atoms with Gasteiger partial charge in [-0.05, 0) is 48.4 Å². The second kappa shape index (κ2) is 7.95. The Kier molecular flexibility index (Phi) is 5.46. The molecule has 0 saturated carbocycles. The molecule has 0 aliphatic carbocycles. The quantitative estimate of drug-likeness (QED) is 0.691. The van der Waals surface area contributed by atoms with Crippen molar-refractivity contribution in [1.29, 1.82) is 0 Å². The first kappa shape index (κ1) is 17.9. The number of amides is 1. The molecule has 0 unspecified atom stereocenters. The van der Waals surface area contributed by atoms with Gasteiger partial charge in [-0.2, -0.15) is 0 Å². The van der Waals surface area contributed by atoms with E-state index in [4.69, 9.17) is 4.42 Å². The lowest BCUT2D eigenvalue weighted by Crippen LogP contribution is -2.23. The van der Waals surface area contributed by atoms with E-state index in [9.17, 15) is 13.6 Å². The molecule has 1 N–H and O–H groups in total. The van der Waals surface area contributed by atoms with Crippen molar-refractivity contribution in [2.24, 2.45) is 0 Å². The molecule has 0 bridgehead atoms. The standard InChI is InChI=1S/C21H19F2NO2/c1-14-12-15(6-9-18(14)22)13-24-21(25)11-8-16-7-10-20(26-16)17-4-2-3-5-19(17)23/h2-7,9-10,12H,8,11,13H2,1H3,(H,24,25). The highest BCUT2D eigenvalue weighted by atomic mass is 19.1. The molecule has 0 aliphatic heterocycles. The van der Waals surface area contributed by atoms with Crippen LogP contribution in [0.5, 0.6) is 0 Å². The van der Waals surface area contributed by atoms with Gasteiger partial charge in [0.25, 0.3) is 0 Å². The number of hydrogen-bond donors (Lipinski definition) is 1. The zero-order valence-corrected chi connectivity index (χ0v) is 14.4. The van der Waals surface area contributed by atoms with Crippen LogP contribution in [0.4, 0.5) is 8.78 Å². The number of carbonyl (C=O) groups excluding carboxylic acids is 1. The van der Waals surface area contributed by atoms with Gasteiger partial charge in [-0.25, -0.2) is 8.78 Å². The lowest BCUT2D eigenvalue weighted by molar-refractivity contribution is -0.121. The summed E-state index contributed by atoms with van der Waals surface area (Å²) in [6.45, 7) is 2.03. The van der Waals surface area contributed by atoms with Gasteiger partial charge >= 0.3 is 0 Å². The third-order valence-electron chi connectivity index (χ3n) is 4.11. The van der Waals surface area contributed by atoms with Gasteiger partial charge in [0.15, 0.2) is 0 Å². The molecule has 3 aromatic rings. The summed E-state index contributed by atoms with van der Waals surface area (Å²) in [6, 6.07) is 14.6. The van der Waals surface area contributed by atoms with Gasteiger partial charge in [-0.3, -0.25) is 4.79 Å². The van der Waals surface area contributed by atoms with Gasteiger partial charge in [0.05, 0.1) is 5.56 Å². The topological polar surface area (TPSA) is 42.2 Å². The molecule has 5 heteroatoms. The minimum atomic E-state index is -0.347. The van der Waals surface area contributed by atoms with Crippen molar-refractivity contribution in [2.75, 3.05) is 0 Å². The van der Waals surface area contributed by atoms with Crippen LogP contribution in [-0.2, 0) is 17.8 Å². The first-order valence-corrected chi connectivity index (χ1v) is 8.38. The number of aryl methyl sites for hydroxylation is 2. The van der Waals surface area contributed by atoms with Gasteiger partial charge in [0, 0.05) is 19.4 Å². The van der Waals surface area contributed by atoms with E-state index in [1.54, 1.807) is 49.4 Å². The molecule has 0 fully saturated rings. The number of benzene rings is 2. The number of rotatable bonds is 6. The van der Waals surface area contributed by atoms with Crippen molar-refractivity contribution in [2.45, 2.75) is 26.3 Å². The van der Waals surface area contributed by atoms with Crippen molar-refractivity contribution in [3.63, 3.8) is 0 Å². The number of furan rings is 1. The first-order valence-electron chi connectivity index (χ1n) is 8.38. The molecular weight excluding hydrogens is 336 g/mol. The summed E-state index contributed by atoms with van der Waals surface area (Å²) >= 11 is 0. The molecule has 1 heterocycles. The van der Waals surface area contributed by atoms with Gasteiger partial charge < -0.3 is 9.73 Å². The predicted molar refractivity (Wildman–Crippen MR) is 95.4 cm³/mol. The Hall–Kier alpha value is -2.95. The summed E-state index contributed by atoms with van der Waals surface area (Å²) in [5, 5.41) is 2.80. The molecule has 0 spiro atoms. The molecule has 0 radical (unpaired) electrons. The van der Waals surface area contributed by atoms with E-state index in [1.807, 2.05) is 0 Å². The summed E-state index contributed by atoms with van der Waals surface area (Å²) in [4.78, 5) is 12.0. The van der Waals surface area contributed by atoms with Crippen molar-refractivity contribution in [3.8, 4) is 11.3 Å². The monoisotopic (exact) mass is 355 g/mol. The van der Waals surface area contributed by atoms with Crippen LogP contribution in [0, 0.1) is 18.6 Å². The second-order valence-electron chi connectivity index (χ2n) is 6.11. The van der Waals surface area contributed by atoms with E-state index < -0.39 is 0 Å². The van der Waals surface area contributed by atoms with Gasteiger partial charge in [0.2, 0.25) is 5.91 Å². The Labute approximate surface area is 150 Å². The minimum Gasteiger partial charge on any atom is -0.461 e. The summed E-state index contributed by atoms with van der Waals surface area (Å²) in [6.07, 6.45) is 0.674. The fourth-order valence-electron chi connectivity index (χ4n) is 2.66. The largest absolute Gasteiger partial charge is 0.461 e. The van der Waals surface area contributed by atoms with Crippen LogP contribution < -0.4 is 5.32 Å². The first-order chi connectivity index (χ1) is 12.5. The normalized spacial score (nSPS) is 10.7. The number of halogens is 2. The SMILES string of the molecule is Cc1cc(CNC(=O)CCc2ccc(-c3ccccc3F)o2)ccc1F. The Morgan fingerprint density at radius 1 is 1.04 bits per heavy atom. The van der Waals surface area contributed by atoms with E-state index in [0.29, 0.717) is 35.6 Å². The zero-order valence-electron chi connectivity index (χ0n) is 14.4. The van der Waals surface area contributed by atoms with Gasteiger partial charge in [0.1, 0.15) is 23.2 Å². The molecule has 134 valence electrons. The smallest absolute Gasteiger partial charge is 0.220 e. The Bertz CT molecular complexity index is 918. The van der Waals surface area contributed by atoms with Crippen LogP contribution in [0.2, 0.25) is 0 Å². The molecule has 1 amide bonds. The molecule has 3 nitrogen and oxygen atoms in total. The highest BCUT2D eigenvalue weighted by Gasteiger charge is 2.10. The molecule has 1 aromatic heterocycles. The fraction of sp³-hybridized carbons (Fsp3) is 0.190. The Balaban J connectivity index is 1.52. The van der Waals surface area contributed by atoms with Crippen LogP contribution >= 0.6 is 0 Å². The third-order valence-corrected chi connectivity index (χ3v) is 4.11. The molecule has 26 heavy (non-hydrogen) atoms. The van der Waals surface area contributed by atoms with Crippen molar-refractivity contribution >= 4 is 5.91 Å². The van der Waals surface area contributed by atoms with E-state index >= 15 is 0 Å². The minimum absolute atomic E-state index is 0.129. The average Bonchev–Trinajstić information content (AvgIpc) is 3.10. The third kappa shape index (κ3) is 4.36. The average molecular weight is 355 g/mol. The Morgan fingerprint density at radius 2 is 1.85 bits per heavy atom. The maximum Gasteiger partial charge on any atom is 0.220 e. The molecule has 3 rings (SSSR count). The molecule has 0 atom stereocenters. The van der Waals surface area contributed by atoms with Crippen LogP contribution in [0.15, 0.2) is 59.0 Å². The summed E-state index contributed by atoms with van der Waals surface area (Å²) in [5.74, 6) is 0.330. The highest BCUT2D eigenvalue weighted by Crippen LogP contribution is 2.25. The van der Waals surface area contributed by atoms with Crippen LogP contribution in [0.25, 0.3) is 11.3 Å². The lowest BCUT2D eigenvalue weighted by Gasteiger charge is -2.06. The van der Waals surface area contributed by atoms with E-state index in [0.717, 1.165) is 5.56 Å². The second-order valence-corrected chi connectivity index (χ2v) is 6.11. The van der Waals surface area contributed by atoms with E-state index in [2.05, 4.69) is 5.32 Å². The van der Waals surface area contributed by atoms with E-state index in [1.165, 1.54) is 12.1 Å². The maximum atomic E-state index is 13.8. The van der Waals surface area contributed by atoms with Gasteiger partial charge in [-0.1, -0.05) is 24.3 Å². The molecule has 0 saturated heterocycles. The Morgan fingerprint density at radius 3 is 2.62 bits per heavy atom. The fourth-order valence-corrected chi connectivity index (χ4v) is 2.66. The summed E-state index contributed by atoms with van der Waals surface area (Å²) in [5.41, 5.74) is 1.79. The zero-order chi connectivity index (χ0) is 18.5. The number of nitrogens with one attached hydrogen (secondary N) is 1. The van der Waals surface area contributed by atoms with Crippen molar-refractivity contribution in [3.05, 3.63) is 83.1 Å². The maximum absolute atomic E-state index is 13.8. The van der Waals surface area contributed by atoms with Crippen LogP contribution in [0.3, 0.4) is 0 Å². The molecule has 0 aliphatic rings. The lowest BCUT2D eigenvalue weighted by atomic mass is 10.1. The van der Waals surface area contributed by atoms with E-state index in [-0.39, 0.29) is 24.0 Å². The molecule has 2 aromatic carbocycles. The highest BCUT2D eigenvalue weighted by molar-refractivity contribution is 5.76. The van der Waals surface area contributed by atoms with Crippen LogP contribution in [0.1, 0.15) is 23.3 Å². The summed E-state index contributed by atoms with van der Waals surface area (Å²) in [7, 11) is 0. The predicted octanol–water partition coefficient (Wildman–Crippen LogP) is 4.78. The van der Waals surface area contributed by atoms with Crippen molar-refractivity contribution in [1.82, 2.24) is 5.32 Å². The number of carbonyl (C=O) groups is 1. The summed E-state index contributed by atoms with van der Waals surface area (Å²) < 4.78 is 32.6. The molecular formula is C21H19F2NO2. The van der Waals surface area contributed by atoms with Crippen molar-refractivity contribution < 1.29 is 18.0 Å². The number of hydrogen-bond acceptors (Lipinski definition) is 2. The van der Waals surface area contributed by atoms with Gasteiger partial charge in [-0.15, -0.1) is 0 Å².